The molecule has 0 amide bonds. The highest BCUT2D eigenvalue weighted by molar-refractivity contribution is 7.16. The molecule has 1 aromatic heterocycles. The van der Waals surface area contributed by atoms with Gasteiger partial charge >= 0.3 is 5.97 Å². The molecular weight excluding hydrogens is 308 g/mol. The van der Waals surface area contributed by atoms with Gasteiger partial charge in [0.1, 0.15) is 11.6 Å². The Balaban J connectivity index is 2.24. The van der Waals surface area contributed by atoms with Crippen LogP contribution in [0.25, 0.3) is 16.5 Å². The Morgan fingerprint density at radius 1 is 1.22 bits per heavy atom. The second-order valence-electron chi connectivity index (χ2n) is 4.90. The summed E-state index contributed by atoms with van der Waals surface area (Å²) in [6.45, 7) is 6.20. The van der Waals surface area contributed by atoms with Crippen molar-refractivity contribution in [3.63, 3.8) is 0 Å². The molecule has 0 spiro atoms. The van der Waals surface area contributed by atoms with Crippen LogP contribution in [0.15, 0.2) is 42.0 Å². The third-order valence-corrected chi connectivity index (χ3v) is 4.63. The van der Waals surface area contributed by atoms with Crippen molar-refractivity contribution < 1.29 is 9.90 Å². The molecule has 1 heterocycles. The summed E-state index contributed by atoms with van der Waals surface area (Å²) in [6, 6.07) is 13.8. The number of rotatable bonds is 6. The number of nitriles is 1. The Bertz CT molecular complexity index is 750. The quantitative estimate of drug-likeness (QED) is 0.636. The molecule has 0 aliphatic rings. The number of anilines is 1. The van der Waals surface area contributed by atoms with Gasteiger partial charge in [-0.25, -0.2) is 4.79 Å². The maximum atomic E-state index is 10.9. The maximum Gasteiger partial charge on any atom is 0.346 e. The standard InChI is InChI=1S/C18H18N2O2S/c1-3-20(4-2)15-7-5-13(6-8-15)17-10-9-16(23-17)11-14(12-19)18(21)22/h5-11H,3-4H2,1-2H3,(H,21,22)/b14-11-. The number of carboxylic acid groups (broad SMARTS) is 1. The lowest BCUT2D eigenvalue weighted by molar-refractivity contribution is -0.132. The second kappa shape index (κ2) is 7.61. The minimum Gasteiger partial charge on any atom is -0.477 e. The number of aliphatic carboxylic acids is 1. The van der Waals surface area contributed by atoms with Crippen molar-refractivity contribution in [1.29, 1.82) is 5.26 Å². The zero-order valence-corrected chi connectivity index (χ0v) is 13.9. The van der Waals surface area contributed by atoms with Crippen molar-refractivity contribution in [2.75, 3.05) is 18.0 Å². The molecule has 4 nitrogen and oxygen atoms in total. The third kappa shape index (κ3) is 3.99. The predicted molar refractivity (Wildman–Crippen MR) is 94.5 cm³/mol. The van der Waals surface area contributed by atoms with Crippen LogP contribution in [0.4, 0.5) is 5.69 Å². The van der Waals surface area contributed by atoms with Gasteiger partial charge in [0.15, 0.2) is 0 Å². The van der Waals surface area contributed by atoms with E-state index in [0.717, 1.165) is 28.4 Å². The lowest BCUT2D eigenvalue weighted by Gasteiger charge is -2.21. The molecular formula is C18H18N2O2S. The smallest absolute Gasteiger partial charge is 0.346 e. The Kier molecular flexibility index (Phi) is 5.56. The molecule has 0 aliphatic carbocycles. The Labute approximate surface area is 139 Å². The topological polar surface area (TPSA) is 64.3 Å². The predicted octanol–water partition coefficient (Wildman–Crippen LogP) is 4.25. The number of carbonyl (C=O) groups is 1. The molecule has 0 bridgehead atoms. The van der Waals surface area contributed by atoms with Crippen LogP contribution in [0, 0.1) is 11.3 Å². The van der Waals surface area contributed by atoms with Gasteiger partial charge in [-0.15, -0.1) is 11.3 Å². The molecule has 0 unspecified atom stereocenters. The van der Waals surface area contributed by atoms with Crippen LogP contribution >= 0.6 is 11.3 Å². The largest absolute Gasteiger partial charge is 0.477 e. The van der Waals surface area contributed by atoms with Crippen LogP contribution in [0.3, 0.4) is 0 Å². The summed E-state index contributed by atoms with van der Waals surface area (Å²) in [6.07, 6.45) is 1.40. The molecule has 0 fully saturated rings. The number of nitrogens with zero attached hydrogens (tertiary/aromatic N) is 2. The summed E-state index contributed by atoms with van der Waals surface area (Å²) in [5.41, 5.74) is 2.02. The number of thiophene rings is 1. The van der Waals surface area contributed by atoms with E-state index in [1.807, 2.05) is 12.1 Å². The van der Waals surface area contributed by atoms with Crippen molar-refractivity contribution in [2.45, 2.75) is 13.8 Å². The minimum absolute atomic E-state index is 0.254. The summed E-state index contributed by atoms with van der Waals surface area (Å²) in [4.78, 5) is 15.0. The fourth-order valence-electron chi connectivity index (χ4n) is 2.29. The van der Waals surface area contributed by atoms with E-state index in [2.05, 4.69) is 43.0 Å². The van der Waals surface area contributed by atoms with Gasteiger partial charge in [0, 0.05) is 28.5 Å². The molecule has 0 saturated carbocycles. The number of benzene rings is 1. The summed E-state index contributed by atoms with van der Waals surface area (Å²) in [5.74, 6) is -1.20. The van der Waals surface area contributed by atoms with Gasteiger partial charge in [-0.3, -0.25) is 0 Å². The maximum absolute atomic E-state index is 10.9. The molecule has 1 aromatic carbocycles. The summed E-state index contributed by atoms with van der Waals surface area (Å²) in [5, 5.41) is 17.7. The zero-order valence-electron chi connectivity index (χ0n) is 13.1. The molecule has 2 aromatic rings. The highest BCUT2D eigenvalue weighted by atomic mass is 32.1. The van der Waals surface area contributed by atoms with Crippen molar-refractivity contribution in [2.24, 2.45) is 0 Å². The average Bonchev–Trinajstić information content (AvgIpc) is 3.03. The Hall–Kier alpha value is -2.58. The molecule has 0 aliphatic heterocycles. The van der Waals surface area contributed by atoms with Crippen LogP contribution < -0.4 is 4.90 Å². The molecule has 23 heavy (non-hydrogen) atoms. The first kappa shape index (κ1) is 16.8. The van der Waals surface area contributed by atoms with Gasteiger partial charge in [0.25, 0.3) is 0 Å². The molecule has 0 atom stereocenters. The fraction of sp³-hybridized carbons (Fsp3) is 0.222. The van der Waals surface area contributed by atoms with Crippen LogP contribution in [-0.2, 0) is 4.79 Å². The first-order valence-corrected chi connectivity index (χ1v) is 8.21. The number of carboxylic acids is 1. The van der Waals surface area contributed by atoms with Crippen molar-refractivity contribution in [3.05, 3.63) is 46.8 Å². The van der Waals surface area contributed by atoms with Crippen molar-refractivity contribution in [3.8, 4) is 16.5 Å². The number of hydrogen-bond donors (Lipinski definition) is 1. The van der Waals surface area contributed by atoms with Crippen molar-refractivity contribution >= 4 is 29.1 Å². The van der Waals surface area contributed by atoms with Gasteiger partial charge in [-0.05, 0) is 49.8 Å². The summed E-state index contributed by atoms with van der Waals surface area (Å²) < 4.78 is 0. The van der Waals surface area contributed by atoms with Gasteiger partial charge in [0.05, 0.1) is 0 Å². The van der Waals surface area contributed by atoms with E-state index in [-0.39, 0.29) is 5.57 Å². The van der Waals surface area contributed by atoms with E-state index in [0.29, 0.717) is 0 Å². The first-order chi connectivity index (χ1) is 11.1. The van der Waals surface area contributed by atoms with Gasteiger partial charge in [-0.2, -0.15) is 5.26 Å². The normalized spacial score (nSPS) is 11.1. The fourth-order valence-corrected chi connectivity index (χ4v) is 3.25. The Morgan fingerprint density at radius 2 is 1.87 bits per heavy atom. The lowest BCUT2D eigenvalue weighted by atomic mass is 10.1. The SMILES string of the molecule is CCN(CC)c1ccc(-c2ccc(/C=C(/C#N)C(=O)O)s2)cc1. The average molecular weight is 326 g/mol. The summed E-state index contributed by atoms with van der Waals surface area (Å²) >= 11 is 1.47. The zero-order chi connectivity index (χ0) is 16.8. The summed E-state index contributed by atoms with van der Waals surface area (Å²) in [7, 11) is 0. The lowest BCUT2D eigenvalue weighted by Crippen LogP contribution is -2.21. The molecule has 0 radical (unpaired) electrons. The van der Waals surface area contributed by atoms with Crippen LogP contribution in [-0.4, -0.2) is 24.2 Å². The third-order valence-electron chi connectivity index (χ3n) is 3.54. The van der Waals surface area contributed by atoms with E-state index in [9.17, 15) is 4.79 Å². The van der Waals surface area contributed by atoms with Crippen LogP contribution in [0.1, 0.15) is 18.7 Å². The molecule has 0 saturated heterocycles. The van der Waals surface area contributed by atoms with E-state index in [1.54, 1.807) is 6.07 Å². The Morgan fingerprint density at radius 3 is 2.39 bits per heavy atom. The highest BCUT2D eigenvalue weighted by Gasteiger charge is 2.08. The number of hydrogen-bond acceptors (Lipinski definition) is 4. The van der Waals surface area contributed by atoms with E-state index in [1.165, 1.54) is 23.1 Å². The molecule has 2 rings (SSSR count). The minimum atomic E-state index is -1.20. The first-order valence-electron chi connectivity index (χ1n) is 7.39. The molecule has 1 N–H and O–H groups in total. The molecule has 118 valence electrons. The van der Waals surface area contributed by atoms with Crippen LogP contribution in [0.2, 0.25) is 0 Å². The van der Waals surface area contributed by atoms with E-state index in [4.69, 9.17) is 10.4 Å². The van der Waals surface area contributed by atoms with Crippen molar-refractivity contribution in [1.82, 2.24) is 0 Å². The highest BCUT2D eigenvalue weighted by Crippen LogP contribution is 2.30. The monoisotopic (exact) mass is 326 g/mol. The van der Waals surface area contributed by atoms with E-state index >= 15 is 0 Å². The van der Waals surface area contributed by atoms with Gasteiger partial charge in [-0.1, -0.05) is 12.1 Å². The van der Waals surface area contributed by atoms with Gasteiger partial charge < -0.3 is 10.0 Å². The van der Waals surface area contributed by atoms with Gasteiger partial charge in [0.2, 0.25) is 0 Å². The second-order valence-corrected chi connectivity index (χ2v) is 6.01. The van der Waals surface area contributed by atoms with E-state index < -0.39 is 5.97 Å². The van der Waals surface area contributed by atoms with Crippen LogP contribution in [0.5, 0.6) is 0 Å². The molecule has 5 heteroatoms.